The molecule has 8 heteroatoms. The van der Waals surface area contributed by atoms with E-state index in [2.05, 4.69) is 5.32 Å². The molecule has 0 aromatic heterocycles. The monoisotopic (exact) mass is 401 g/mol. The molecule has 7 nitrogen and oxygen atoms in total. The predicted octanol–water partition coefficient (Wildman–Crippen LogP) is 3.84. The SMILES string of the molecule is COc1ccc([C@@H](C)NC(=O)C2CCN(c3ccccc3[N+](=O)[O-])CC2)cc1F. The quantitative estimate of drug-likeness (QED) is 0.587. The lowest BCUT2D eigenvalue weighted by Crippen LogP contribution is -2.41. The normalized spacial score (nSPS) is 15.6. The first-order chi connectivity index (χ1) is 13.9. The average molecular weight is 401 g/mol. The number of benzene rings is 2. The van der Waals surface area contributed by atoms with Gasteiger partial charge in [0.25, 0.3) is 5.69 Å². The zero-order valence-electron chi connectivity index (χ0n) is 16.4. The van der Waals surface area contributed by atoms with Gasteiger partial charge >= 0.3 is 0 Å². The highest BCUT2D eigenvalue weighted by atomic mass is 19.1. The number of nitrogens with one attached hydrogen (secondary N) is 1. The molecule has 0 saturated carbocycles. The summed E-state index contributed by atoms with van der Waals surface area (Å²) in [6.07, 6.45) is 1.20. The zero-order chi connectivity index (χ0) is 21.0. The van der Waals surface area contributed by atoms with Crippen LogP contribution in [0, 0.1) is 21.8 Å². The summed E-state index contributed by atoms with van der Waals surface area (Å²) in [5.41, 5.74) is 1.32. The van der Waals surface area contributed by atoms with Crippen LogP contribution in [0.3, 0.4) is 0 Å². The fraction of sp³-hybridized carbons (Fsp3) is 0.381. The van der Waals surface area contributed by atoms with Gasteiger partial charge in [-0.25, -0.2) is 4.39 Å². The van der Waals surface area contributed by atoms with E-state index >= 15 is 0 Å². The fourth-order valence-corrected chi connectivity index (χ4v) is 3.64. The van der Waals surface area contributed by atoms with E-state index < -0.39 is 5.82 Å². The minimum absolute atomic E-state index is 0.0746. The maximum Gasteiger partial charge on any atom is 0.292 e. The average Bonchev–Trinajstić information content (AvgIpc) is 2.73. The molecule has 29 heavy (non-hydrogen) atoms. The van der Waals surface area contributed by atoms with Gasteiger partial charge in [-0.15, -0.1) is 0 Å². The molecule has 154 valence electrons. The van der Waals surface area contributed by atoms with Gasteiger partial charge in [-0.2, -0.15) is 0 Å². The van der Waals surface area contributed by atoms with E-state index in [0.29, 0.717) is 37.2 Å². The molecule has 1 heterocycles. The Bertz CT molecular complexity index is 897. The van der Waals surface area contributed by atoms with Gasteiger partial charge in [-0.1, -0.05) is 18.2 Å². The van der Waals surface area contributed by atoms with Crippen molar-refractivity contribution in [1.29, 1.82) is 0 Å². The van der Waals surface area contributed by atoms with Gasteiger partial charge in [0.1, 0.15) is 5.69 Å². The molecule has 0 unspecified atom stereocenters. The Hall–Kier alpha value is -3.16. The standard InChI is InChI=1S/C21H24FN3O4/c1-14(16-7-8-20(29-2)17(22)13-16)23-21(26)15-9-11-24(12-10-15)18-5-3-4-6-19(18)25(27)28/h3-8,13-15H,9-12H2,1-2H3,(H,23,26)/t14-/m1/s1. The second kappa shape index (κ2) is 8.89. The first-order valence-corrected chi connectivity index (χ1v) is 9.53. The second-order valence-electron chi connectivity index (χ2n) is 7.13. The van der Waals surface area contributed by atoms with E-state index in [0.717, 1.165) is 0 Å². The third-order valence-electron chi connectivity index (χ3n) is 5.32. The number of carbonyl (C=O) groups excluding carboxylic acids is 1. The summed E-state index contributed by atoms with van der Waals surface area (Å²) in [7, 11) is 1.40. The molecule has 0 spiro atoms. The molecular formula is C21H24FN3O4. The Morgan fingerprint density at radius 2 is 1.97 bits per heavy atom. The Kier molecular flexibility index (Phi) is 6.31. The maximum absolute atomic E-state index is 13.9. The number of hydrogen-bond acceptors (Lipinski definition) is 5. The predicted molar refractivity (Wildman–Crippen MR) is 108 cm³/mol. The van der Waals surface area contributed by atoms with E-state index in [1.54, 1.807) is 30.3 Å². The first-order valence-electron chi connectivity index (χ1n) is 9.53. The third kappa shape index (κ3) is 4.64. The number of amides is 1. The molecule has 0 radical (unpaired) electrons. The summed E-state index contributed by atoms with van der Waals surface area (Å²) in [6, 6.07) is 10.9. The number of ether oxygens (including phenoxy) is 1. The van der Waals surface area contributed by atoms with Crippen molar-refractivity contribution < 1.29 is 18.8 Å². The minimum atomic E-state index is -0.469. The summed E-state index contributed by atoms with van der Waals surface area (Å²) >= 11 is 0. The first kappa shape index (κ1) is 20.6. The van der Waals surface area contributed by atoms with Crippen LogP contribution < -0.4 is 15.0 Å². The van der Waals surface area contributed by atoms with Gasteiger partial charge < -0.3 is 15.0 Å². The molecule has 2 aromatic rings. The van der Waals surface area contributed by atoms with Crippen molar-refractivity contribution in [3.8, 4) is 5.75 Å². The van der Waals surface area contributed by atoms with Gasteiger partial charge in [0.2, 0.25) is 5.91 Å². The van der Waals surface area contributed by atoms with Gasteiger partial charge in [-0.3, -0.25) is 14.9 Å². The van der Waals surface area contributed by atoms with E-state index in [9.17, 15) is 19.3 Å². The van der Waals surface area contributed by atoms with Crippen molar-refractivity contribution >= 4 is 17.3 Å². The number of hydrogen-bond donors (Lipinski definition) is 1. The van der Waals surface area contributed by atoms with Gasteiger partial charge in [0.05, 0.1) is 18.1 Å². The number of piperidine rings is 1. The van der Waals surface area contributed by atoms with Crippen molar-refractivity contribution in [2.45, 2.75) is 25.8 Å². The molecule has 1 fully saturated rings. The number of methoxy groups -OCH3 is 1. The highest BCUT2D eigenvalue weighted by molar-refractivity contribution is 5.79. The van der Waals surface area contributed by atoms with Crippen LogP contribution >= 0.6 is 0 Å². The molecule has 1 saturated heterocycles. The number of para-hydroxylation sites is 2. The molecule has 2 aromatic carbocycles. The smallest absolute Gasteiger partial charge is 0.292 e. The Labute approximate surface area is 168 Å². The largest absolute Gasteiger partial charge is 0.494 e. The van der Waals surface area contributed by atoms with Crippen LogP contribution in [-0.4, -0.2) is 31.0 Å². The van der Waals surface area contributed by atoms with Crippen molar-refractivity contribution in [2.75, 3.05) is 25.1 Å². The number of nitrogens with zero attached hydrogens (tertiary/aromatic N) is 2. The summed E-state index contributed by atoms with van der Waals surface area (Å²) in [6.45, 7) is 2.94. The third-order valence-corrected chi connectivity index (χ3v) is 5.32. The molecule has 1 atom stereocenters. The van der Waals surface area contributed by atoms with Crippen molar-refractivity contribution in [1.82, 2.24) is 5.32 Å². The number of halogens is 1. The molecule has 1 N–H and O–H groups in total. The number of rotatable bonds is 6. The number of carbonyl (C=O) groups is 1. The molecular weight excluding hydrogens is 377 g/mol. The molecule has 1 aliphatic rings. The van der Waals surface area contributed by atoms with E-state index in [-0.39, 0.29) is 34.2 Å². The van der Waals surface area contributed by atoms with Crippen molar-refractivity contribution in [3.63, 3.8) is 0 Å². The van der Waals surface area contributed by atoms with Gasteiger partial charge in [0, 0.05) is 25.1 Å². The molecule has 1 amide bonds. The maximum atomic E-state index is 13.9. The Balaban J connectivity index is 1.59. The van der Waals surface area contributed by atoms with Gasteiger partial charge in [0.15, 0.2) is 11.6 Å². The van der Waals surface area contributed by atoms with E-state index in [1.807, 2.05) is 11.8 Å². The number of nitro groups is 1. The highest BCUT2D eigenvalue weighted by Crippen LogP contribution is 2.31. The Morgan fingerprint density at radius 3 is 2.59 bits per heavy atom. The van der Waals surface area contributed by atoms with Crippen LogP contribution in [0.15, 0.2) is 42.5 Å². The van der Waals surface area contributed by atoms with E-state index in [4.69, 9.17) is 4.74 Å². The lowest BCUT2D eigenvalue weighted by Gasteiger charge is -2.33. The minimum Gasteiger partial charge on any atom is -0.494 e. The lowest BCUT2D eigenvalue weighted by molar-refractivity contribution is -0.384. The summed E-state index contributed by atoms with van der Waals surface area (Å²) in [5, 5.41) is 14.2. The molecule has 3 rings (SSSR count). The molecule has 0 aliphatic carbocycles. The van der Waals surface area contributed by atoms with Crippen molar-refractivity contribution in [3.05, 3.63) is 64.0 Å². The van der Waals surface area contributed by atoms with Crippen LogP contribution in [0.1, 0.15) is 31.4 Å². The summed E-state index contributed by atoms with van der Waals surface area (Å²) < 4.78 is 18.8. The lowest BCUT2D eigenvalue weighted by atomic mass is 9.94. The zero-order valence-corrected chi connectivity index (χ0v) is 16.4. The topological polar surface area (TPSA) is 84.7 Å². The Morgan fingerprint density at radius 1 is 1.28 bits per heavy atom. The van der Waals surface area contributed by atoms with Gasteiger partial charge in [-0.05, 0) is 43.5 Å². The number of anilines is 1. The van der Waals surface area contributed by atoms with Crippen LogP contribution in [-0.2, 0) is 4.79 Å². The van der Waals surface area contributed by atoms with Crippen LogP contribution in [0.2, 0.25) is 0 Å². The van der Waals surface area contributed by atoms with Crippen LogP contribution in [0.5, 0.6) is 5.75 Å². The molecule has 1 aliphatic heterocycles. The summed E-state index contributed by atoms with van der Waals surface area (Å²) in [4.78, 5) is 25.5. The summed E-state index contributed by atoms with van der Waals surface area (Å²) in [5.74, 6) is -0.575. The molecule has 0 bridgehead atoms. The van der Waals surface area contributed by atoms with E-state index in [1.165, 1.54) is 19.2 Å². The van der Waals surface area contributed by atoms with Crippen molar-refractivity contribution in [2.24, 2.45) is 5.92 Å². The van der Waals surface area contributed by atoms with Crippen LogP contribution in [0.25, 0.3) is 0 Å². The number of nitro benzene ring substituents is 1. The second-order valence-corrected chi connectivity index (χ2v) is 7.13. The van der Waals surface area contributed by atoms with Crippen LogP contribution in [0.4, 0.5) is 15.8 Å². The fourth-order valence-electron chi connectivity index (χ4n) is 3.64. The highest BCUT2D eigenvalue weighted by Gasteiger charge is 2.28.